The summed E-state index contributed by atoms with van der Waals surface area (Å²) in [6, 6.07) is 5.57. The lowest BCUT2D eigenvalue weighted by molar-refractivity contribution is 0.0659. The molecule has 0 spiro atoms. The Morgan fingerprint density at radius 3 is 2.75 bits per heavy atom. The number of hydrogen-bond acceptors (Lipinski definition) is 4. The van der Waals surface area contributed by atoms with Gasteiger partial charge in [0, 0.05) is 24.7 Å². The molecule has 2 heterocycles. The fraction of sp³-hybridized carbons (Fsp3) is 0.353. The zero-order chi connectivity index (χ0) is 17.3. The van der Waals surface area contributed by atoms with Gasteiger partial charge in [0.1, 0.15) is 23.1 Å². The Morgan fingerprint density at radius 2 is 2.12 bits per heavy atom. The molecule has 1 aromatic carbocycles. The van der Waals surface area contributed by atoms with E-state index in [2.05, 4.69) is 5.32 Å². The first-order chi connectivity index (χ1) is 11.5. The smallest absolute Gasteiger partial charge is 0.372 e. The summed E-state index contributed by atoms with van der Waals surface area (Å²) in [6.45, 7) is 3.07. The first-order valence-electron chi connectivity index (χ1n) is 7.70. The van der Waals surface area contributed by atoms with E-state index in [0.717, 1.165) is 6.42 Å². The summed E-state index contributed by atoms with van der Waals surface area (Å²) in [5, 5.41) is 12.2. The van der Waals surface area contributed by atoms with Crippen LogP contribution in [0.5, 0.6) is 0 Å². The Bertz CT molecular complexity index is 740. The Balaban J connectivity index is 1.61. The van der Waals surface area contributed by atoms with Crippen LogP contribution in [0.15, 0.2) is 28.7 Å². The van der Waals surface area contributed by atoms with Crippen LogP contribution < -0.4 is 10.2 Å². The second-order valence-corrected chi connectivity index (χ2v) is 5.91. The van der Waals surface area contributed by atoms with E-state index in [1.807, 2.05) is 0 Å². The fourth-order valence-corrected chi connectivity index (χ4v) is 3.01. The highest BCUT2D eigenvalue weighted by Crippen LogP contribution is 2.27. The predicted octanol–water partition coefficient (Wildman–Crippen LogP) is 2.93. The van der Waals surface area contributed by atoms with Gasteiger partial charge in [-0.3, -0.25) is 0 Å². The average Bonchev–Trinajstić information content (AvgIpc) is 3.12. The monoisotopic (exact) mass is 336 g/mol. The van der Waals surface area contributed by atoms with Crippen LogP contribution in [0.3, 0.4) is 0 Å². The molecule has 5 nitrogen and oxygen atoms in total. The van der Waals surface area contributed by atoms with E-state index in [0.29, 0.717) is 31.0 Å². The lowest BCUT2D eigenvalue weighted by Crippen LogP contribution is -2.32. The van der Waals surface area contributed by atoms with Gasteiger partial charge in [0.2, 0.25) is 5.76 Å². The highest BCUT2D eigenvalue weighted by molar-refractivity contribution is 5.86. The zero-order valence-corrected chi connectivity index (χ0v) is 13.2. The highest BCUT2D eigenvalue weighted by atomic mass is 19.1. The number of aryl methyl sites for hydroxylation is 1. The minimum absolute atomic E-state index is 0.00352. The molecule has 0 saturated carbocycles. The van der Waals surface area contributed by atoms with E-state index in [1.54, 1.807) is 17.9 Å². The van der Waals surface area contributed by atoms with Gasteiger partial charge in [0.15, 0.2) is 0 Å². The Morgan fingerprint density at radius 1 is 1.42 bits per heavy atom. The van der Waals surface area contributed by atoms with Crippen molar-refractivity contribution in [3.63, 3.8) is 0 Å². The highest BCUT2D eigenvalue weighted by Gasteiger charge is 2.26. The van der Waals surface area contributed by atoms with Gasteiger partial charge in [-0.25, -0.2) is 13.6 Å². The van der Waals surface area contributed by atoms with Crippen molar-refractivity contribution in [2.24, 2.45) is 0 Å². The number of anilines is 1. The summed E-state index contributed by atoms with van der Waals surface area (Å²) >= 11 is 0. The van der Waals surface area contributed by atoms with Gasteiger partial charge >= 0.3 is 5.97 Å². The predicted molar refractivity (Wildman–Crippen MR) is 84.2 cm³/mol. The molecule has 1 aliphatic rings. The summed E-state index contributed by atoms with van der Waals surface area (Å²) in [5.41, 5.74) is 0.574. The number of carbonyl (C=O) groups is 1. The van der Waals surface area contributed by atoms with Gasteiger partial charge < -0.3 is 19.7 Å². The molecule has 1 saturated heterocycles. The Kier molecular flexibility index (Phi) is 4.53. The zero-order valence-electron chi connectivity index (χ0n) is 13.2. The molecule has 1 aliphatic heterocycles. The first-order valence-corrected chi connectivity index (χ1v) is 7.70. The molecule has 1 aromatic heterocycles. The maximum absolute atomic E-state index is 13.8. The lowest BCUT2D eigenvalue weighted by atomic mass is 10.2. The van der Waals surface area contributed by atoms with Crippen molar-refractivity contribution in [3.8, 4) is 0 Å². The normalized spacial score (nSPS) is 17.5. The maximum Gasteiger partial charge on any atom is 0.372 e. The number of para-hydroxylation sites is 1. The SMILES string of the molecule is Cc1cc(CNC2CCN(c3c(F)cccc3F)C2)oc1C(=O)O. The standard InChI is InChI=1S/C17H18F2N2O3/c1-10-7-12(24-16(10)17(22)23)8-20-11-5-6-21(9-11)15-13(18)3-2-4-14(15)19/h2-4,7,11,20H,5-6,8-9H2,1H3,(H,22,23). The number of carboxylic acids is 1. The molecule has 7 heteroatoms. The summed E-state index contributed by atoms with van der Waals surface area (Å²) < 4.78 is 33.0. The van der Waals surface area contributed by atoms with E-state index < -0.39 is 17.6 Å². The van der Waals surface area contributed by atoms with Crippen LogP contribution in [0, 0.1) is 18.6 Å². The number of nitrogens with one attached hydrogen (secondary N) is 1. The van der Waals surface area contributed by atoms with Crippen molar-refractivity contribution in [2.45, 2.75) is 25.9 Å². The van der Waals surface area contributed by atoms with E-state index >= 15 is 0 Å². The summed E-state index contributed by atoms with van der Waals surface area (Å²) in [6.07, 6.45) is 0.735. The van der Waals surface area contributed by atoms with Gasteiger partial charge in [0.25, 0.3) is 0 Å². The third-order valence-corrected chi connectivity index (χ3v) is 4.17. The summed E-state index contributed by atoms with van der Waals surface area (Å²) in [5.74, 6) is -1.76. The van der Waals surface area contributed by atoms with Gasteiger partial charge in [-0.1, -0.05) is 6.07 Å². The Labute approximate surface area is 137 Å². The quantitative estimate of drug-likeness (QED) is 0.879. The van der Waals surface area contributed by atoms with Crippen molar-refractivity contribution in [2.75, 3.05) is 18.0 Å². The van der Waals surface area contributed by atoms with Crippen LogP contribution in [0.1, 0.15) is 28.3 Å². The number of nitrogens with zero attached hydrogens (tertiary/aromatic N) is 1. The van der Waals surface area contributed by atoms with Crippen LogP contribution in [-0.4, -0.2) is 30.2 Å². The van der Waals surface area contributed by atoms with Crippen LogP contribution in [-0.2, 0) is 6.54 Å². The van der Waals surface area contributed by atoms with Crippen molar-refractivity contribution in [1.29, 1.82) is 0 Å². The van der Waals surface area contributed by atoms with E-state index in [-0.39, 0.29) is 17.5 Å². The molecule has 1 unspecified atom stereocenters. The van der Waals surface area contributed by atoms with E-state index in [4.69, 9.17) is 9.52 Å². The number of benzene rings is 1. The van der Waals surface area contributed by atoms with Crippen molar-refractivity contribution >= 4 is 11.7 Å². The van der Waals surface area contributed by atoms with E-state index in [1.165, 1.54) is 18.2 Å². The molecule has 2 aromatic rings. The first kappa shape index (κ1) is 16.4. The fourth-order valence-electron chi connectivity index (χ4n) is 3.01. The molecule has 1 fully saturated rings. The topological polar surface area (TPSA) is 65.7 Å². The molecular formula is C17H18F2N2O3. The van der Waals surface area contributed by atoms with Crippen LogP contribution in [0.25, 0.3) is 0 Å². The molecule has 3 rings (SSSR count). The van der Waals surface area contributed by atoms with Crippen molar-refractivity contribution in [3.05, 3.63) is 53.0 Å². The molecular weight excluding hydrogens is 318 g/mol. The maximum atomic E-state index is 13.8. The molecule has 128 valence electrons. The number of aromatic carboxylic acids is 1. The van der Waals surface area contributed by atoms with Crippen LogP contribution in [0.2, 0.25) is 0 Å². The second-order valence-electron chi connectivity index (χ2n) is 5.91. The van der Waals surface area contributed by atoms with Gasteiger partial charge in [-0.05, 0) is 31.5 Å². The number of rotatable bonds is 5. The molecule has 0 amide bonds. The molecule has 0 radical (unpaired) electrons. The third-order valence-electron chi connectivity index (χ3n) is 4.17. The molecule has 0 bridgehead atoms. The number of furan rings is 1. The number of hydrogen-bond donors (Lipinski definition) is 2. The second kappa shape index (κ2) is 6.60. The number of carboxylic acid groups (broad SMARTS) is 1. The minimum atomic E-state index is -1.10. The number of halogens is 2. The minimum Gasteiger partial charge on any atom is -0.475 e. The van der Waals surface area contributed by atoms with Gasteiger partial charge in [-0.15, -0.1) is 0 Å². The lowest BCUT2D eigenvalue weighted by Gasteiger charge is -2.20. The van der Waals surface area contributed by atoms with Crippen LogP contribution in [0.4, 0.5) is 14.5 Å². The molecule has 0 aliphatic carbocycles. The third kappa shape index (κ3) is 3.26. The largest absolute Gasteiger partial charge is 0.475 e. The molecule has 24 heavy (non-hydrogen) atoms. The van der Waals surface area contributed by atoms with Crippen molar-refractivity contribution < 1.29 is 23.1 Å². The Hall–Kier alpha value is -2.41. The molecule has 1 atom stereocenters. The molecule has 2 N–H and O–H groups in total. The van der Waals surface area contributed by atoms with Gasteiger partial charge in [-0.2, -0.15) is 0 Å². The summed E-state index contributed by atoms with van der Waals surface area (Å²) in [7, 11) is 0. The van der Waals surface area contributed by atoms with Crippen LogP contribution >= 0.6 is 0 Å². The van der Waals surface area contributed by atoms with Gasteiger partial charge in [0.05, 0.1) is 6.54 Å². The average molecular weight is 336 g/mol. The van der Waals surface area contributed by atoms with Crippen molar-refractivity contribution in [1.82, 2.24) is 5.32 Å². The van der Waals surface area contributed by atoms with E-state index in [9.17, 15) is 13.6 Å². The summed E-state index contributed by atoms with van der Waals surface area (Å²) in [4.78, 5) is 12.6.